The number of carbonyl (C=O) groups is 2. The lowest BCUT2D eigenvalue weighted by Gasteiger charge is -2.16. The van der Waals surface area contributed by atoms with Crippen LogP contribution >= 0.6 is 11.8 Å². The Bertz CT molecular complexity index is 1370. The molecule has 0 aliphatic rings. The summed E-state index contributed by atoms with van der Waals surface area (Å²) in [5, 5.41) is 5.98. The number of thioether (sulfide) groups is 1. The molecule has 1 atom stereocenters. The highest BCUT2D eigenvalue weighted by Gasteiger charge is 2.20. The molecule has 0 bridgehead atoms. The summed E-state index contributed by atoms with van der Waals surface area (Å²) in [6.45, 7) is 3.20. The molecule has 0 saturated heterocycles. The second kappa shape index (κ2) is 9.70. The van der Waals surface area contributed by atoms with E-state index in [1.807, 2.05) is 36.4 Å². The third kappa shape index (κ3) is 5.12. The molecule has 0 aliphatic heterocycles. The second-order valence-electron chi connectivity index (χ2n) is 7.40. The maximum atomic E-state index is 13.3. The Labute approximate surface area is 194 Å². The molecule has 1 heterocycles. The lowest BCUT2D eigenvalue weighted by molar-refractivity contribution is -0.115. The summed E-state index contributed by atoms with van der Waals surface area (Å²) in [4.78, 5) is 42.0. The van der Waals surface area contributed by atoms with Gasteiger partial charge in [0.2, 0.25) is 11.8 Å². The number of hydrogen-bond donors (Lipinski definition) is 2. The van der Waals surface area contributed by atoms with E-state index in [4.69, 9.17) is 0 Å². The summed E-state index contributed by atoms with van der Waals surface area (Å²) in [6, 6.07) is 23.3. The number of para-hydroxylation sites is 2. The topological polar surface area (TPSA) is 93.1 Å². The predicted molar refractivity (Wildman–Crippen MR) is 132 cm³/mol. The van der Waals surface area contributed by atoms with Crippen molar-refractivity contribution in [3.8, 4) is 5.69 Å². The number of hydrogen-bond acceptors (Lipinski definition) is 5. The van der Waals surface area contributed by atoms with Crippen molar-refractivity contribution in [2.75, 3.05) is 10.6 Å². The molecular formula is C25H22N4O3S. The van der Waals surface area contributed by atoms with E-state index in [2.05, 4.69) is 15.6 Å². The fourth-order valence-corrected chi connectivity index (χ4v) is 4.22. The van der Waals surface area contributed by atoms with Crippen LogP contribution in [0.4, 0.5) is 11.4 Å². The minimum absolute atomic E-state index is 0.163. The lowest BCUT2D eigenvalue weighted by Crippen LogP contribution is -2.26. The zero-order valence-electron chi connectivity index (χ0n) is 18.1. The first kappa shape index (κ1) is 22.3. The van der Waals surface area contributed by atoms with Gasteiger partial charge in [0.05, 0.1) is 21.8 Å². The summed E-state index contributed by atoms with van der Waals surface area (Å²) in [7, 11) is 0. The number of nitrogens with zero attached hydrogens (tertiary/aromatic N) is 2. The first-order chi connectivity index (χ1) is 15.9. The molecule has 7 nitrogen and oxygen atoms in total. The van der Waals surface area contributed by atoms with E-state index in [1.165, 1.54) is 18.7 Å². The fourth-order valence-electron chi connectivity index (χ4n) is 3.29. The smallest absolute Gasteiger partial charge is 0.266 e. The molecule has 4 rings (SSSR count). The van der Waals surface area contributed by atoms with Gasteiger partial charge in [-0.3, -0.25) is 19.0 Å². The summed E-state index contributed by atoms with van der Waals surface area (Å²) >= 11 is 1.22. The Kier molecular flexibility index (Phi) is 6.55. The molecule has 0 radical (unpaired) electrons. The quantitative estimate of drug-likeness (QED) is 0.329. The molecule has 0 fully saturated rings. The average Bonchev–Trinajstić information content (AvgIpc) is 2.81. The van der Waals surface area contributed by atoms with Gasteiger partial charge in [-0.2, -0.15) is 0 Å². The molecule has 166 valence electrons. The molecule has 4 aromatic rings. The Balaban J connectivity index is 1.60. The van der Waals surface area contributed by atoms with Crippen LogP contribution in [0, 0.1) is 0 Å². The number of fused-ring (bicyclic) bond motifs is 1. The largest absolute Gasteiger partial charge is 0.326 e. The molecule has 2 N–H and O–H groups in total. The zero-order valence-corrected chi connectivity index (χ0v) is 18.9. The van der Waals surface area contributed by atoms with E-state index in [0.29, 0.717) is 33.1 Å². The molecule has 8 heteroatoms. The molecule has 0 spiro atoms. The maximum absolute atomic E-state index is 13.3. The Morgan fingerprint density at radius 2 is 1.48 bits per heavy atom. The number of rotatable bonds is 6. The molecule has 0 aliphatic carbocycles. The van der Waals surface area contributed by atoms with Gasteiger partial charge in [0.25, 0.3) is 5.56 Å². The van der Waals surface area contributed by atoms with Gasteiger partial charge in [0.15, 0.2) is 5.16 Å². The fraction of sp³-hybridized carbons (Fsp3) is 0.120. The van der Waals surface area contributed by atoms with Crippen molar-refractivity contribution in [3.05, 3.63) is 89.2 Å². The summed E-state index contributed by atoms with van der Waals surface area (Å²) < 4.78 is 1.54. The molecule has 33 heavy (non-hydrogen) atoms. The Hall–Kier alpha value is -3.91. The van der Waals surface area contributed by atoms with E-state index >= 15 is 0 Å². The standard InChI is InChI=1S/C25H22N4O3S/c1-16(23(31)27-19-14-12-18(13-15-19)26-17(2)30)33-25-28-22-11-7-6-10-21(22)24(32)29(25)20-8-4-3-5-9-20/h3-16H,1-2H3,(H,26,30)(H,27,31). The second-order valence-corrected chi connectivity index (χ2v) is 8.70. The van der Waals surface area contributed by atoms with Gasteiger partial charge in [-0.1, -0.05) is 42.1 Å². The van der Waals surface area contributed by atoms with Crippen LogP contribution in [0.25, 0.3) is 16.6 Å². The number of aromatic nitrogens is 2. The van der Waals surface area contributed by atoms with Gasteiger partial charge in [-0.05, 0) is 55.5 Å². The molecule has 1 unspecified atom stereocenters. The number of nitrogens with one attached hydrogen (secondary N) is 2. The van der Waals surface area contributed by atoms with Gasteiger partial charge >= 0.3 is 0 Å². The number of carbonyl (C=O) groups excluding carboxylic acids is 2. The molecule has 1 aromatic heterocycles. The van der Waals surface area contributed by atoms with Gasteiger partial charge in [-0.25, -0.2) is 4.98 Å². The maximum Gasteiger partial charge on any atom is 0.266 e. The van der Waals surface area contributed by atoms with Crippen molar-refractivity contribution in [1.82, 2.24) is 9.55 Å². The van der Waals surface area contributed by atoms with Gasteiger partial charge < -0.3 is 10.6 Å². The van der Waals surface area contributed by atoms with E-state index in [0.717, 1.165) is 0 Å². The summed E-state index contributed by atoms with van der Waals surface area (Å²) in [5.74, 6) is -0.390. The average molecular weight is 459 g/mol. The van der Waals surface area contributed by atoms with Crippen LogP contribution in [-0.2, 0) is 9.59 Å². The third-order valence-corrected chi connectivity index (χ3v) is 5.94. The monoisotopic (exact) mass is 458 g/mol. The van der Waals surface area contributed by atoms with Crippen molar-refractivity contribution in [2.24, 2.45) is 0 Å². The van der Waals surface area contributed by atoms with Crippen molar-refractivity contribution in [1.29, 1.82) is 0 Å². The predicted octanol–water partition coefficient (Wildman–Crippen LogP) is 4.46. The van der Waals surface area contributed by atoms with E-state index in [9.17, 15) is 14.4 Å². The molecule has 2 amide bonds. The highest BCUT2D eigenvalue weighted by Crippen LogP contribution is 2.26. The minimum Gasteiger partial charge on any atom is -0.326 e. The first-order valence-corrected chi connectivity index (χ1v) is 11.2. The van der Waals surface area contributed by atoms with Gasteiger partial charge in [-0.15, -0.1) is 0 Å². The van der Waals surface area contributed by atoms with E-state index < -0.39 is 5.25 Å². The van der Waals surface area contributed by atoms with Crippen LogP contribution in [-0.4, -0.2) is 26.6 Å². The Morgan fingerprint density at radius 1 is 0.879 bits per heavy atom. The highest BCUT2D eigenvalue weighted by atomic mass is 32.2. The Morgan fingerprint density at radius 3 is 2.15 bits per heavy atom. The summed E-state index contributed by atoms with van der Waals surface area (Å²) in [5.41, 5.74) is 2.34. The van der Waals surface area contributed by atoms with Crippen LogP contribution in [0.2, 0.25) is 0 Å². The number of benzene rings is 3. The first-order valence-electron chi connectivity index (χ1n) is 10.3. The van der Waals surface area contributed by atoms with Crippen molar-refractivity contribution in [3.63, 3.8) is 0 Å². The van der Waals surface area contributed by atoms with Gasteiger partial charge in [0, 0.05) is 18.3 Å². The molecular weight excluding hydrogens is 436 g/mol. The molecule has 3 aromatic carbocycles. The number of anilines is 2. The van der Waals surface area contributed by atoms with Crippen LogP contribution in [0.1, 0.15) is 13.8 Å². The number of amides is 2. The van der Waals surface area contributed by atoms with E-state index in [1.54, 1.807) is 54.0 Å². The third-order valence-electron chi connectivity index (χ3n) is 4.88. The van der Waals surface area contributed by atoms with Crippen molar-refractivity contribution >= 4 is 45.9 Å². The van der Waals surface area contributed by atoms with Crippen LogP contribution in [0.5, 0.6) is 0 Å². The SMILES string of the molecule is CC(=O)Nc1ccc(NC(=O)C(C)Sc2nc3ccccc3c(=O)n2-c2ccccc2)cc1. The minimum atomic E-state index is -0.525. The van der Waals surface area contributed by atoms with Crippen LogP contribution < -0.4 is 16.2 Å². The zero-order chi connectivity index (χ0) is 23.4. The normalized spacial score (nSPS) is 11.7. The van der Waals surface area contributed by atoms with Gasteiger partial charge in [0.1, 0.15) is 0 Å². The molecule has 0 saturated carbocycles. The van der Waals surface area contributed by atoms with Crippen LogP contribution in [0.15, 0.2) is 88.8 Å². The summed E-state index contributed by atoms with van der Waals surface area (Å²) in [6.07, 6.45) is 0. The van der Waals surface area contributed by atoms with Crippen molar-refractivity contribution < 1.29 is 9.59 Å². The van der Waals surface area contributed by atoms with Crippen LogP contribution in [0.3, 0.4) is 0 Å². The van der Waals surface area contributed by atoms with E-state index in [-0.39, 0.29) is 17.4 Å². The van der Waals surface area contributed by atoms with Crippen molar-refractivity contribution in [2.45, 2.75) is 24.3 Å². The highest BCUT2D eigenvalue weighted by molar-refractivity contribution is 8.00. The lowest BCUT2D eigenvalue weighted by atomic mass is 10.2.